The van der Waals surface area contributed by atoms with Gasteiger partial charge >= 0.3 is 0 Å². The number of nitrogens with zero attached hydrogens (tertiary/aromatic N) is 3. The van der Waals surface area contributed by atoms with E-state index in [1.165, 1.54) is 0 Å². The lowest BCUT2D eigenvalue weighted by Crippen LogP contribution is -1.98. The minimum absolute atomic E-state index is 0.428. The summed E-state index contributed by atoms with van der Waals surface area (Å²) in [6, 6.07) is 13.4. The van der Waals surface area contributed by atoms with Gasteiger partial charge in [0.15, 0.2) is 0 Å². The molecule has 0 aliphatic heterocycles. The van der Waals surface area contributed by atoms with Gasteiger partial charge in [0, 0.05) is 16.1 Å². The van der Waals surface area contributed by atoms with Crippen molar-refractivity contribution in [1.29, 1.82) is 0 Å². The quantitative estimate of drug-likeness (QED) is 0.664. The summed E-state index contributed by atoms with van der Waals surface area (Å²) in [5.41, 5.74) is 1.84. The predicted molar refractivity (Wildman–Crippen MR) is 88.1 cm³/mol. The molecule has 0 aliphatic carbocycles. The number of hydrogen-bond donors (Lipinski definition) is 1. The first-order chi connectivity index (χ1) is 10.2. The van der Waals surface area contributed by atoms with Gasteiger partial charge in [-0.05, 0) is 52.1 Å². The molecule has 3 rings (SSSR count). The highest BCUT2D eigenvalue weighted by Gasteiger charge is 2.08. The summed E-state index contributed by atoms with van der Waals surface area (Å²) in [6.45, 7) is 0.428. The Morgan fingerprint density at radius 3 is 2.76 bits per heavy atom. The molecule has 1 heterocycles. The highest BCUT2D eigenvalue weighted by molar-refractivity contribution is 14.1. The summed E-state index contributed by atoms with van der Waals surface area (Å²) in [5.74, 6) is 1.35. The van der Waals surface area contributed by atoms with Crippen molar-refractivity contribution in [1.82, 2.24) is 20.6 Å². The zero-order valence-electron chi connectivity index (χ0n) is 10.8. The zero-order chi connectivity index (χ0) is 14.7. The fourth-order valence-corrected chi connectivity index (χ4v) is 2.67. The van der Waals surface area contributed by atoms with Gasteiger partial charge in [-0.3, -0.25) is 0 Å². The molecule has 3 aromatic rings. The molecule has 106 valence electrons. The maximum atomic E-state index is 6.11. The number of halogens is 2. The Hall–Kier alpha value is -1.67. The van der Waals surface area contributed by atoms with Crippen molar-refractivity contribution in [2.45, 2.75) is 6.61 Å². The molecule has 1 aromatic heterocycles. The first kappa shape index (κ1) is 14.3. The molecule has 0 bridgehead atoms. The Kier molecular flexibility index (Phi) is 4.35. The van der Waals surface area contributed by atoms with Crippen molar-refractivity contribution in [3.05, 3.63) is 56.6 Å². The predicted octanol–water partition coefficient (Wildman–Crippen LogP) is 3.70. The first-order valence-electron chi connectivity index (χ1n) is 6.13. The van der Waals surface area contributed by atoms with E-state index in [9.17, 15) is 0 Å². The van der Waals surface area contributed by atoms with Crippen LogP contribution in [0.15, 0.2) is 42.5 Å². The standard InChI is InChI=1S/C14H10ClIN4O/c15-11-4-2-1-3-10(11)8-21-13-6-5-9(7-12(13)16)14-17-19-20-18-14/h1-7H,8H2,(H,17,18,19,20). The average molecular weight is 413 g/mol. The topological polar surface area (TPSA) is 63.7 Å². The molecular weight excluding hydrogens is 403 g/mol. The van der Waals surface area contributed by atoms with E-state index in [0.717, 1.165) is 20.4 Å². The van der Waals surface area contributed by atoms with Crippen LogP contribution in [-0.4, -0.2) is 20.6 Å². The second-order valence-electron chi connectivity index (χ2n) is 4.26. The number of ether oxygens (including phenoxy) is 1. The second kappa shape index (κ2) is 6.40. The fourth-order valence-electron chi connectivity index (χ4n) is 1.81. The number of nitrogens with one attached hydrogen (secondary N) is 1. The number of tetrazole rings is 1. The van der Waals surface area contributed by atoms with Crippen molar-refractivity contribution in [3.63, 3.8) is 0 Å². The van der Waals surface area contributed by atoms with Gasteiger partial charge in [0.2, 0.25) is 5.82 Å². The Bertz CT molecular complexity index is 748. The van der Waals surface area contributed by atoms with Crippen LogP contribution in [0.25, 0.3) is 11.4 Å². The molecule has 0 saturated carbocycles. The van der Waals surface area contributed by atoms with Gasteiger partial charge in [0.25, 0.3) is 0 Å². The van der Waals surface area contributed by atoms with Crippen molar-refractivity contribution >= 4 is 34.2 Å². The van der Waals surface area contributed by atoms with Crippen LogP contribution in [0.4, 0.5) is 0 Å². The molecule has 21 heavy (non-hydrogen) atoms. The van der Waals surface area contributed by atoms with Gasteiger partial charge in [0.05, 0.1) is 3.57 Å². The van der Waals surface area contributed by atoms with Crippen LogP contribution in [0.5, 0.6) is 5.75 Å². The van der Waals surface area contributed by atoms with Crippen LogP contribution in [0.1, 0.15) is 5.56 Å². The minimum atomic E-state index is 0.428. The van der Waals surface area contributed by atoms with Crippen molar-refractivity contribution in [3.8, 4) is 17.1 Å². The lowest BCUT2D eigenvalue weighted by Gasteiger charge is -2.10. The molecule has 0 fully saturated rings. The third-order valence-electron chi connectivity index (χ3n) is 2.88. The van der Waals surface area contributed by atoms with Crippen LogP contribution < -0.4 is 4.74 Å². The molecule has 0 amide bonds. The van der Waals surface area contributed by atoms with Gasteiger partial charge in [-0.15, -0.1) is 10.2 Å². The average Bonchev–Trinajstić information content (AvgIpc) is 3.02. The Morgan fingerprint density at radius 1 is 1.19 bits per heavy atom. The largest absolute Gasteiger partial charge is 0.488 e. The van der Waals surface area contributed by atoms with E-state index in [1.807, 2.05) is 42.5 Å². The number of H-pyrrole nitrogens is 1. The molecule has 5 nitrogen and oxygen atoms in total. The van der Waals surface area contributed by atoms with Crippen molar-refractivity contribution in [2.24, 2.45) is 0 Å². The van der Waals surface area contributed by atoms with E-state index in [0.29, 0.717) is 17.5 Å². The Labute approximate surface area is 139 Å². The third-order valence-corrected chi connectivity index (χ3v) is 4.09. The molecule has 1 N–H and O–H groups in total. The molecule has 0 spiro atoms. The maximum absolute atomic E-state index is 6.11. The molecule has 0 radical (unpaired) electrons. The van der Waals surface area contributed by atoms with Crippen molar-refractivity contribution < 1.29 is 4.74 Å². The van der Waals surface area contributed by atoms with Crippen LogP contribution >= 0.6 is 34.2 Å². The summed E-state index contributed by atoms with van der Waals surface area (Å²) in [7, 11) is 0. The van der Waals surface area contributed by atoms with E-state index in [1.54, 1.807) is 0 Å². The molecule has 0 saturated heterocycles. The summed E-state index contributed by atoms with van der Waals surface area (Å²) < 4.78 is 6.79. The van der Waals surface area contributed by atoms with Crippen LogP contribution in [0.3, 0.4) is 0 Å². The molecule has 0 unspecified atom stereocenters. The number of rotatable bonds is 4. The van der Waals surface area contributed by atoms with Gasteiger partial charge in [-0.2, -0.15) is 5.21 Å². The van der Waals surface area contributed by atoms with E-state index in [4.69, 9.17) is 16.3 Å². The van der Waals surface area contributed by atoms with Gasteiger partial charge in [0.1, 0.15) is 12.4 Å². The Balaban J connectivity index is 1.76. The summed E-state index contributed by atoms with van der Waals surface area (Å²) in [4.78, 5) is 0. The lowest BCUT2D eigenvalue weighted by atomic mass is 10.2. The second-order valence-corrected chi connectivity index (χ2v) is 5.83. The molecular formula is C14H10ClIN4O. The van der Waals surface area contributed by atoms with Crippen molar-refractivity contribution in [2.75, 3.05) is 0 Å². The molecule has 0 atom stereocenters. The molecule has 7 heteroatoms. The number of aromatic amines is 1. The SMILES string of the molecule is Clc1ccccc1COc1ccc(-c2nn[nH]n2)cc1I. The Morgan fingerprint density at radius 2 is 2.05 bits per heavy atom. The van der Waals surface area contributed by atoms with Crippen LogP contribution in [0, 0.1) is 3.57 Å². The minimum Gasteiger partial charge on any atom is -0.488 e. The lowest BCUT2D eigenvalue weighted by molar-refractivity contribution is 0.304. The van der Waals surface area contributed by atoms with E-state index >= 15 is 0 Å². The van der Waals surface area contributed by atoms with E-state index in [2.05, 4.69) is 43.2 Å². The monoisotopic (exact) mass is 412 g/mol. The van der Waals surface area contributed by atoms with Gasteiger partial charge < -0.3 is 4.74 Å². The highest BCUT2D eigenvalue weighted by Crippen LogP contribution is 2.27. The summed E-state index contributed by atoms with van der Waals surface area (Å²) in [6.07, 6.45) is 0. The fraction of sp³-hybridized carbons (Fsp3) is 0.0714. The van der Waals surface area contributed by atoms with Crippen LogP contribution in [0.2, 0.25) is 5.02 Å². The highest BCUT2D eigenvalue weighted by atomic mass is 127. The number of benzene rings is 2. The van der Waals surface area contributed by atoms with E-state index < -0.39 is 0 Å². The zero-order valence-corrected chi connectivity index (χ0v) is 13.7. The molecule has 2 aromatic carbocycles. The summed E-state index contributed by atoms with van der Waals surface area (Å²) in [5, 5.41) is 14.6. The van der Waals surface area contributed by atoms with Crippen LogP contribution in [-0.2, 0) is 6.61 Å². The van der Waals surface area contributed by atoms with Gasteiger partial charge in [-0.25, -0.2) is 0 Å². The summed E-state index contributed by atoms with van der Waals surface area (Å²) >= 11 is 8.33. The van der Waals surface area contributed by atoms with Gasteiger partial charge in [-0.1, -0.05) is 29.8 Å². The molecule has 0 aliphatic rings. The first-order valence-corrected chi connectivity index (χ1v) is 7.59. The van der Waals surface area contributed by atoms with E-state index in [-0.39, 0.29) is 0 Å². The normalized spacial score (nSPS) is 10.6. The maximum Gasteiger partial charge on any atom is 0.204 e. The number of aromatic nitrogens is 4. The third kappa shape index (κ3) is 3.33. The number of hydrogen-bond acceptors (Lipinski definition) is 4. The smallest absolute Gasteiger partial charge is 0.204 e.